The third-order valence-electron chi connectivity index (χ3n) is 5.48. The summed E-state index contributed by atoms with van der Waals surface area (Å²) < 4.78 is 51.7. The van der Waals surface area contributed by atoms with Gasteiger partial charge in [-0.15, -0.1) is 0 Å². The smallest absolute Gasteiger partial charge is 0.244 e. The molecular formula is C20H30N2O6S. The van der Waals surface area contributed by atoms with Crippen LogP contribution in [0.3, 0.4) is 0 Å². The average molecular weight is 427 g/mol. The molecule has 1 aromatic carbocycles. The zero-order valence-electron chi connectivity index (χ0n) is 17.0. The quantitative estimate of drug-likeness (QED) is 0.733. The first kappa shape index (κ1) is 20.9. The molecule has 0 amide bonds. The van der Waals surface area contributed by atoms with Crippen molar-refractivity contribution in [2.45, 2.75) is 43.4 Å². The molecule has 29 heavy (non-hydrogen) atoms. The molecular weight excluding hydrogens is 396 g/mol. The van der Waals surface area contributed by atoms with Gasteiger partial charge in [0.1, 0.15) is 18.1 Å². The number of nitrogens with one attached hydrogen (secondary N) is 1. The molecule has 3 heterocycles. The molecule has 0 radical (unpaired) electrons. The number of hydrogen-bond donors (Lipinski definition) is 1. The molecule has 0 unspecified atom stereocenters. The highest BCUT2D eigenvalue weighted by atomic mass is 32.2. The molecule has 9 heteroatoms. The SMILES string of the molecule is CC(C)CCN1C[C@@H]2OCC(NS(=O)(=O)c3cccc4c3OCCO4)CO[C@H]2C1. The lowest BCUT2D eigenvalue weighted by Gasteiger charge is -2.23. The fourth-order valence-corrected chi connectivity index (χ4v) is 5.26. The molecule has 1 N–H and O–H groups in total. The van der Waals surface area contributed by atoms with Gasteiger partial charge < -0.3 is 18.9 Å². The Labute approximate surface area is 172 Å². The molecule has 0 bridgehead atoms. The normalized spacial score (nSPS) is 25.8. The van der Waals surface area contributed by atoms with E-state index in [-0.39, 0.29) is 36.1 Å². The van der Waals surface area contributed by atoms with E-state index in [0.29, 0.717) is 24.9 Å². The van der Waals surface area contributed by atoms with E-state index in [1.165, 1.54) is 6.07 Å². The van der Waals surface area contributed by atoms with Gasteiger partial charge in [-0.2, -0.15) is 0 Å². The molecule has 3 aliphatic rings. The van der Waals surface area contributed by atoms with Crippen LogP contribution in [0.15, 0.2) is 23.1 Å². The van der Waals surface area contributed by atoms with Crippen molar-refractivity contribution in [2.24, 2.45) is 5.92 Å². The van der Waals surface area contributed by atoms with Gasteiger partial charge in [-0.25, -0.2) is 13.1 Å². The van der Waals surface area contributed by atoms with Crippen LogP contribution >= 0.6 is 0 Å². The van der Waals surface area contributed by atoms with Crippen LogP contribution in [-0.4, -0.2) is 77.6 Å². The zero-order valence-corrected chi connectivity index (χ0v) is 17.8. The maximum Gasteiger partial charge on any atom is 0.244 e. The van der Waals surface area contributed by atoms with Gasteiger partial charge >= 0.3 is 0 Å². The molecule has 0 spiro atoms. The van der Waals surface area contributed by atoms with Crippen LogP contribution in [0.5, 0.6) is 11.5 Å². The van der Waals surface area contributed by atoms with Gasteiger partial charge in [-0.05, 0) is 31.0 Å². The number of likely N-dealkylation sites (tertiary alicyclic amines) is 1. The second-order valence-corrected chi connectivity index (χ2v) is 9.97. The fourth-order valence-electron chi connectivity index (χ4n) is 3.90. The summed E-state index contributed by atoms with van der Waals surface area (Å²) in [5, 5.41) is 0. The van der Waals surface area contributed by atoms with E-state index in [1.807, 2.05) is 0 Å². The first-order valence-electron chi connectivity index (χ1n) is 10.3. The van der Waals surface area contributed by atoms with Gasteiger partial charge in [0.2, 0.25) is 10.0 Å². The number of sulfonamides is 1. The number of benzene rings is 1. The topological polar surface area (TPSA) is 86.3 Å². The van der Waals surface area contributed by atoms with Crippen molar-refractivity contribution in [1.82, 2.24) is 9.62 Å². The summed E-state index contributed by atoms with van der Waals surface area (Å²) in [6.07, 6.45) is 1.12. The minimum Gasteiger partial charge on any atom is -0.486 e. The minimum absolute atomic E-state index is 0.0158. The van der Waals surface area contributed by atoms with Crippen molar-refractivity contribution in [3.05, 3.63) is 18.2 Å². The van der Waals surface area contributed by atoms with Gasteiger partial charge in [0.05, 0.1) is 31.5 Å². The summed E-state index contributed by atoms with van der Waals surface area (Å²) in [6, 6.07) is 4.43. The van der Waals surface area contributed by atoms with Gasteiger partial charge in [-0.3, -0.25) is 4.90 Å². The molecule has 162 valence electrons. The molecule has 0 aromatic heterocycles. The van der Waals surface area contributed by atoms with Gasteiger partial charge in [0.25, 0.3) is 0 Å². The lowest BCUT2D eigenvalue weighted by molar-refractivity contribution is -0.00461. The van der Waals surface area contributed by atoms with Crippen molar-refractivity contribution in [1.29, 1.82) is 0 Å². The Morgan fingerprint density at radius 1 is 1.10 bits per heavy atom. The largest absolute Gasteiger partial charge is 0.486 e. The highest BCUT2D eigenvalue weighted by Crippen LogP contribution is 2.36. The fraction of sp³-hybridized carbons (Fsp3) is 0.700. The number of hydrogen-bond acceptors (Lipinski definition) is 7. The summed E-state index contributed by atoms with van der Waals surface area (Å²) in [5.74, 6) is 1.38. The van der Waals surface area contributed by atoms with Crippen LogP contribution < -0.4 is 14.2 Å². The average Bonchev–Trinajstić information content (AvgIpc) is 3.01. The predicted octanol–water partition coefficient (Wildman–Crippen LogP) is 1.25. The third-order valence-corrected chi connectivity index (χ3v) is 7.02. The summed E-state index contributed by atoms with van der Waals surface area (Å²) >= 11 is 0. The molecule has 2 saturated heterocycles. The molecule has 2 atom stereocenters. The second kappa shape index (κ2) is 8.77. The van der Waals surface area contributed by atoms with E-state index in [2.05, 4.69) is 23.5 Å². The molecule has 4 rings (SSSR count). The van der Waals surface area contributed by atoms with Crippen molar-refractivity contribution in [3.63, 3.8) is 0 Å². The van der Waals surface area contributed by atoms with E-state index in [9.17, 15) is 8.42 Å². The standard InChI is InChI=1S/C20H30N2O6S/c1-14(2)6-7-22-10-17-18(11-22)28-13-15(12-27-17)21-29(23,24)19-5-3-4-16-20(19)26-9-8-25-16/h3-5,14-15,17-18,21H,6-13H2,1-2H3/t17-,18-/m0/s1. The van der Waals surface area contributed by atoms with E-state index in [1.54, 1.807) is 12.1 Å². The maximum atomic E-state index is 13.0. The summed E-state index contributed by atoms with van der Waals surface area (Å²) in [4.78, 5) is 2.45. The Kier molecular flexibility index (Phi) is 6.31. The number of nitrogens with zero attached hydrogens (tertiary/aromatic N) is 1. The number of ether oxygens (including phenoxy) is 4. The first-order chi connectivity index (χ1) is 13.9. The van der Waals surface area contributed by atoms with Crippen LogP contribution in [0.25, 0.3) is 0 Å². The molecule has 2 fully saturated rings. The molecule has 8 nitrogen and oxygen atoms in total. The maximum absolute atomic E-state index is 13.0. The Morgan fingerprint density at radius 3 is 2.48 bits per heavy atom. The molecule has 0 aliphatic carbocycles. The lowest BCUT2D eigenvalue weighted by Crippen LogP contribution is -2.41. The van der Waals surface area contributed by atoms with Crippen LogP contribution in [-0.2, 0) is 19.5 Å². The van der Waals surface area contributed by atoms with Crippen molar-refractivity contribution in [2.75, 3.05) is 46.1 Å². The summed E-state index contributed by atoms with van der Waals surface area (Å²) in [5.41, 5.74) is 0. The van der Waals surface area contributed by atoms with Gasteiger partial charge in [0.15, 0.2) is 11.5 Å². The minimum atomic E-state index is -3.80. The highest BCUT2D eigenvalue weighted by Gasteiger charge is 2.38. The summed E-state index contributed by atoms with van der Waals surface area (Å²) in [6.45, 7) is 8.43. The Bertz CT molecular complexity index is 799. The predicted molar refractivity (Wildman–Crippen MR) is 107 cm³/mol. The highest BCUT2D eigenvalue weighted by molar-refractivity contribution is 7.89. The van der Waals surface area contributed by atoms with E-state index < -0.39 is 16.1 Å². The number of fused-ring (bicyclic) bond motifs is 2. The summed E-state index contributed by atoms with van der Waals surface area (Å²) in [7, 11) is -3.80. The van der Waals surface area contributed by atoms with Gasteiger partial charge in [-0.1, -0.05) is 19.9 Å². The molecule has 1 aromatic rings. The Morgan fingerprint density at radius 2 is 1.79 bits per heavy atom. The van der Waals surface area contributed by atoms with Crippen LogP contribution in [0.1, 0.15) is 20.3 Å². The van der Waals surface area contributed by atoms with Crippen molar-refractivity contribution >= 4 is 10.0 Å². The number of para-hydroxylation sites is 1. The monoisotopic (exact) mass is 426 g/mol. The number of rotatable bonds is 6. The Hall–Kier alpha value is -1.39. The van der Waals surface area contributed by atoms with E-state index in [4.69, 9.17) is 18.9 Å². The van der Waals surface area contributed by atoms with Crippen molar-refractivity contribution in [3.8, 4) is 11.5 Å². The third kappa shape index (κ3) is 4.86. The van der Waals surface area contributed by atoms with Crippen molar-refractivity contribution < 1.29 is 27.4 Å². The Balaban J connectivity index is 1.37. The zero-order chi connectivity index (χ0) is 20.4. The molecule has 0 saturated carbocycles. The first-order valence-corrected chi connectivity index (χ1v) is 11.8. The van der Waals surface area contributed by atoms with E-state index >= 15 is 0 Å². The van der Waals surface area contributed by atoms with E-state index in [0.717, 1.165) is 26.1 Å². The molecule has 3 aliphatic heterocycles. The second-order valence-electron chi connectivity index (χ2n) is 8.28. The van der Waals surface area contributed by atoms with Crippen LogP contribution in [0.2, 0.25) is 0 Å². The van der Waals surface area contributed by atoms with Gasteiger partial charge in [0, 0.05) is 13.1 Å². The lowest BCUT2D eigenvalue weighted by atomic mass is 10.1. The van der Waals surface area contributed by atoms with Crippen LogP contribution in [0.4, 0.5) is 0 Å². The van der Waals surface area contributed by atoms with Crippen LogP contribution in [0, 0.1) is 5.92 Å².